The quantitative estimate of drug-likeness (QED) is 0.551. The van der Waals surface area contributed by atoms with E-state index in [0.717, 1.165) is 25.0 Å². The molecule has 0 bridgehead atoms. The minimum Gasteiger partial charge on any atom is -0.315 e. The first-order valence-electron chi connectivity index (χ1n) is 8.10. The Kier molecular flexibility index (Phi) is 11.6. The van der Waals surface area contributed by atoms with Crippen LogP contribution in [0.25, 0.3) is 0 Å². The van der Waals surface area contributed by atoms with Crippen LogP contribution in [0.2, 0.25) is 0 Å². The van der Waals surface area contributed by atoms with Crippen LogP contribution in [-0.4, -0.2) is 62.7 Å². The molecule has 0 aromatic rings. The van der Waals surface area contributed by atoms with Crippen molar-refractivity contribution >= 4 is 0 Å². The molecule has 0 amide bonds. The van der Waals surface area contributed by atoms with E-state index in [0.29, 0.717) is 0 Å². The molecule has 0 unspecified atom stereocenters. The van der Waals surface area contributed by atoms with Crippen LogP contribution in [0.5, 0.6) is 0 Å². The summed E-state index contributed by atoms with van der Waals surface area (Å²) in [6.07, 6.45) is 3.77. The van der Waals surface area contributed by atoms with Crippen molar-refractivity contribution in [2.45, 2.75) is 53.0 Å². The van der Waals surface area contributed by atoms with Crippen molar-refractivity contribution in [3.8, 4) is 0 Å². The lowest BCUT2D eigenvalue weighted by Crippen LogP contribution is -2.41. The highest BCUT2D eigenvalue weighted by molar-refractivity contribution is 4.71. The van der Waals surface area contributed by atoms with Crippen LogP contribution in [0, 0.1) is 5.92 Å². The molecular weight excluding hydrogens is 234 g/mol. The second-order valence-corrected chi connectivity index (χ2v) is 6.27. The van der Waals surface area contributed by atoms with Gasteiger partial charge in [-0.3, -0.25) is 4.90 Å². The average Bonchev–Trinajstić information content (AvgIpc) is 2.33. The maximum atomic E-state index is 3.58. The Morgan fingerprint density at radius 1 is 0.947 bits per heavy atom. The van der Waals surface area contributed by atoms with Gasteiger partial charge in [0, 0.05) is 25.7 Å². The van der Waals surface area contributed by atoms with E-state index in [-0.39, 0.29) is 0 Å². The fourth-order valence-corrected chi connectivity index (χ4v) is 2.56. The zero-order valence-corrected chi connectivity index (χ0v) is 14.2. The largest absolute Gasteiger partial charge is 0.315 e. The standard InChI is InChI=1S/C16H37N3/c1-7-16(8-2)19(14-15(3)4)13-11-17-10-9-12-18(5)6/h15-17H,7-14H2,1-6H3. The van der Waals surface area contributed by atoms with Crippen LogP contribution in [-0.2, 0) is 0 Å². The van der Waals surface area contributed by atoms with Crippen molar-refractivity contribution in [3.63, 3.8) is 0 Å². The molecule has 0 fully saturated rings. The summed E-state index contributed by atoms with van der Waals surface area (Å²) in [4.78, 5) is 4.92. The van der Waals surface area contributed by atoms with Gasteiger partial charge in [-0.1, -0.05) is 27.7 Å². The average molecular weight is 271 g/mol. The highest BCUT2D eigenvalue weighted by Gasteiger charge is 2.15. The summed E-state index contributed by atoms with van der Waals surface area (Å²) < 4.78 is 0. The van der Waals surface area contributed by atoms with E-state index in [2.05, 4.69) is 56.9 Å². The van der Waals surface area contributed by atoms with Gasteiger partial charge >= 0.3 is 0 Å². The van der Waals surface area contributed by atoms with E-state index in [9.17, 15) is 0 Å². The Morgan fingerprint density at radius 2 is 1.58 bits per heavy atom. The molecule has 116 valence electrons. The smallest absolute Gasteiger partial charge is 0.0110 e. The topological polar surface area (TPSA) is 18.5 Å². The maximum absolute atomic E-state index is 3.58. The summed E-state index contributed by atoms with van der Waals surface area (Å²) >= 11 is 0. The van der Waals surface area contributed by atoms with Crippen molar-refractivity contribution in [2.24, 2.45) is 5.92 Å². The molecule has 0 aliphatic carbocycles. The minimum absolute atomic E-state index is 0.756. The van der Waals surface area contributed by atoms with Gasteiger partial charge in [-0.25, -0.2) is 0 Å². The molecule has 0 aromatic heterocycles. The molecule has 0 saturated carbocycles. The summed E-state index contributed by atoms with van der Waals surface area (Å²) in [6.45, 7) is 15.1. The molecule has 0 saturated heterocycles. The van der Waals surface area contributed by atoms with E-state index in [1.165, 1.54) is 38.9 Å². The van der Waals surface area contributed by atoms with Crippen molar-refractivity contribution < 1.29 is 0 Å². The summed E-state index contributed by atoms with van der Waals surface area (Å²) in [5.74, 6) is 0.759. The predicted octanol–water partition coefficient (Wildman–Crippen LogP) is 2.67. The molecule has 3 nitrogen and oxygen atoms in total. The molecule has 19 heavy (non-hydrogen) atoms. The maximum Gasteiger partial charge on any atom is 0.0110 e. The normalized spacial score (nSPS) is 12.3. The van der Waals surface area contributed by atoms with Crippen molar-refractivity contribution in [1.29, 1.82) is 0 Å². The molecule has 1 N–H and O–H groups in total. The highest BCUT2D eigenvalue weighted by atomic mass is 15.2. The second-order valence-electron chi connectivity index (χ2n) is 6.27. The monoisotopic (exact) mass is 271 g/mol. The van der Waals surface area contributed by atoms with E-state index in [4.69, 9.17) is 0 Å². The first-order valence-corrected chi connectivity index (χ1v) is 8.10. The first-order chi connectivity index (χ1) is 9.01. The van der Waals surface area contributed by atoms with Gasteiger partial charge in [0.1, 0.15) is 0 Å². The second kappa shape index (κ2) is 11.7. The van der Waals surface area contributed by atoms with Crippen LogP contribution in [0.3, 0.4) is 0 Å². The van der Waals surface area contributed by atoms with Gasteiger partial charge in [0.15, 0.2) is 0 Å². The number of nitrogens with one attached hydrogen (secondary N) is 1. The summed E-state index contributed by atoms with van der Waals surface area (Å²) in [5.41, 5.74) is 0. The molecule has 0 rings (SSSR count). The van der Waals surface area contributed by atoms with E-state index < -0.39 is 0 Å². The summed E-state index contributed by atoms with van der Waals surface area (Å²) in [7, 11) is 4.27. The molecule has 0 heterocycles. The van der Waals surface area contributed by atoms with Crippen LogP contribution >= 0.6 is 0 Å². The summed E-state index contributed by atoms with van der Waals surface area (Å²) in [5, 5.41) is 3.58. The Morgan fingerprint density at radius 3 is 2.05 bits per heavy atom. The van der Waals surface area contributed by atoms with Gasteiger partial charge in [-0.05, 0) is 52.4 Å². The van der Waals surface area contributed by atoms with Gasteiger partial charge in [-0.2, -0.15) is 0 Å². The number of rotatable bonds is 12. The SMILES string of the molecule is CCC(CC)N(CCNCCCN(C)C)CC(C)C. The van der Waals surface area contributed by atoms with Crippen LogP contribution in [0.1, 0.15) is 47.0 Å². The van der Waals surface area contributed by atoms with Gasteiger partial charge < -0.3 is 10.2 Å². The number of hydrogen-bond acceptors (Lipinski definition) is 3. The molecule has 0 aromatic carbocycles. The summed E-state index contributed by atoms with van der Waals surface area (Å²) in [6, 6.07) is 0.756. The predicted molar refractivity (Wildman–Crippen MR) is 86.8 cm³/mol. The molecule has 0 aliphatic heterocycles. The lowest BCUT2D eigenvalue weighted by atomic mass is 10.1. The van der Waals surface area contributed by atoms with E-state index in [1.807, 2.05) is 0 Å². The third-order valence-corrected chi connectivity index (χ3v) is 3.59. The fraction of sp³-hybridized carbons (Fsp3) is 1.00. The van der Waals surface area contributed by atoms with Crippen molar-refractivity contribution in [1.82, 2.24) is 15.1 Å². The fourth-order valence-electron chi connectivity index (χ4n) is 2.56. The first kappa shape index (κ1) is 18.9. The van der Waals surface area contributed by atoms with E-state index in [1.54, 1.807) is 0 Å². The molecule has 0 spiro atoms. The Labute approximate surface area is 121 Å². The molecule has 0 atom stereocenters. The molecular formula is C16H37N3. The number of hydrogen-bond donors (Lipinski definition) is 1. The van der Waals surface area contributed by atoms with Crippen LogP contribution in [0.4, 0.5) is 0 Å². The lowest BCUT2D eigenvalue weighted by molar-refractivity contribution is 0.166. The van der Waals surface area contributed by atoms with Gasteiger partial charge in [0.25, 0.3) is 0 Å². The number of nitrogens with zero attached hydrogens (tertiary/aromatic N) is 2. The Balaban J connectivity index is 3.85. The van der Waals surface area contributed by atoms with Gasteiger partial charge in [0.05, 0.1) is 0 Å². The molecule has 0 aliphatic rings. The zero-order chi connectivity index (χ0) is 14.7. The molecule has 0 radical (unpaired) electrons. The lowest BCUT2D eigenvalue weighted by Gasteiger charge is -2.32. The zero-order valence-electron chi connectivity index (χ0n) is 14.2. The van der Waals surface area contributed by atoms with Crippen molar-refractivity contribution in [2.75, 3.05) is 46.8 Å². The van der Waals surface area contributed by atoms with Gasteiger partial charge in [-0.15, -0.1) is 0 Å². The third-order valence-electron chi connectivity index (χ3n) is 3.59. The minimum atomic E-state index is 0.756. The van der Waals surface area contributed by atoms with E-state index >= 15 is 0 Å². The van der Waals surface area contributed by atoms with Crippen LogP contribution < -0.4 is 5.32 Å². The van der Waals surface area contributed by atoms with Gasteiger partial charge in [0.2, 0.25) is 0 Å². The Bertz CT molecular complexity index is 188. The highest BCUT2D eigenvalue weighted by Crippen LogP contribution is 2.10. The Hall–Kier alpha value is -0.120. The van der Waals surface area contributed by atoms with Crippen molar-refractivity contribution in [3.05, 3.63) is 0 Å². The third kappa shape index (κ3) is 10.3. The van der Waals surface area contributed by atoms with Crippen LogP contribution in [0.15, 0.2) is 0 Å². The molecule has 3 heteroatoms.